The number of rotatable bonds is 6. The fourth-order valence-corrected chi connectivity index (χ4v) is 3.08. The minimum absolute atomic E-state index is 0.272. The van der Waals surface area contributed by atoms with Crippen LogP contribution in [0.1, 0.15) is 25.7 Å². The normalized spacial score (nSPS) is 21.9. The second kappa shape index (κ2) is 7.41. The molecule has 0 aromatic heterocycles. The molecule has 2 atom stereocenters. The van der Waals surface area contributed by atoms with E-state index in [1.54, 1.807) is 20.3 Å². The Hall–Kier alpha value is -1.62. The lowest BCUT2D eigenvalue weighted by Gasteiger charge is -2.30. The Morgan fingerprint density at radius 3 is 2.38 bits per heavy atom. The molecule has 5 nitrogen and oxygen atoms in total. The smallest absolute Gasteiger partial charge is 0.162 e. The van der Waals surface area contributed by atoms with Crippen molar-refractivity contribution in [2.45, 2.75) is 25.7 Å². The van der Waals surface area contributed by atoms with Crippen LogP contribution in [0.5, 0.6) is 11.5 Å². The van der Waals surface area contributed by atoms with Crippen LogP contribution in [-0.2, 0) is 0 Å². The summed E-state index contributed by atoms with van der Waals surface area (Å²) in [6, 6.07) is 3.64. The highest BCUT2D eigenvalue weighted by molar-refractivity contribution is 5.72. The van der Waals surface area contributed by atoms with Crippen LogP contribution in [0.4, 0.5) is 11.4 Å². The lowest BCUT2D eigenvalue weighted by Crippen LogP contribution is -2.28. The number of benzene rings is 1. The molecule has 2 rings (SSSR count). The molecule has 1 aromatic rings. The van der Waals surface area contributed by atoms with Crippen LogP contribution in [0.15, 0.2) is 12.1 Å². The molecule has 0 spiro atoms. The highest BCUT2D eigenvalue weighted by Crippen LogP contribution is 2.36. The number of ether oxygens (including phenoxy) is 2. The molecule has 1 aliphatic rings. The first-order valence-electron chi connectivity index (χ1n) is 7.55. The number of anilines is 2. The van der Waals surface area contributed by atoms with Crippen molar-refractivity contribution < 1.29 is 14.6 Å². The van der Waals surface area contributed by atoms with E-state index in [0.717, 1.165) is 25.1 Å². The van der Waals surface area contributed by atoms with E-state index in [4.69, 9.17) is 15.2 Å². The average molecular weight is 294 g/mol. The number of hydrogen-bond acceptors (Lipinski definition) is 5. The lowest BCUT2D eigenvalue weighted by molar-refractivity contribution is 0.141. The van der Waals surface area contributed by atoms with Gasteiger partial charge in [0.2, 0.25) is 0 Å². The van der Waals surface area contributed by atoms with Crippen molar-refractivity contribution in [1.82, 2.24) is 0 Å². The molecule has 1 saturated carbocycles. The minimum Gasteiger partial charge on any atom is -0.493 e. The largest absolute Gasteiger partial charge is 0.493 e. The van der Waals surface area contributed by atoms with Gasteiger partial charge < -0.3 is 25.6 Å². The molecule has 1 aliphatic carbocycles. The van der Waals surface area contributed by atoms with E-state index in [-0.39, 0.29) is 6.61 Å². The van der Waals surface area contributed by atoms with Gasteiger partial charge in [0.25, 0.3) is 0 Å². The van der Waals surface area contributed by atoms with Gasteiger partial charge in [0.15, 0.2) is 11.5 Å². The summed E-state index contributed by atoms with van der Waals surface area (Å²) in [5.74, 6) is 2.19. The first-order chi connectivity index (χ1) is 10.2. The summed E-state index contributed by atoms with van der Waals surface area (Å²) in [5.41, 5.74) is 7.55. The molecule has 0 bridgehead atoms. The number of nitrogens with two attached hydrogens (primary N) is 1. The highest BCUT2D eigenvalue weighted by atomic mass is 16.5. The number of aliphatic hydroxyl groups excluding tert-OH is 1. The van der Waals surface area contributed by atoms with Crippen LogP contribution < -0.4 is 20.5 Å². The molecule has 0 amide bonds. The maximum Gasteiger partial charge on any atom is 0.162 e. The molecule has 21 heavy (non-hydrogen) atoms. The number of hydrogen-bond donors (Lipinski definition) is 3. The first-order valence-corrected chi connectivity index (χ1v) is 7.55. The molecule has 0 aliphatic heterocycles. The summed E-state index contributed by atoms with van der Waals surface area (Å²) >= 11 is 0. The first kappa shape index (κ1) is 15.8. The van der Waals surface area contributed by atoms with Crippen LogP contribution >= 0.6 is 0 Å². The maximum absolute atomic E-state index is 9.47. The van der Waals surface area contributed by atoms with Crippen molar-refractivity contribution in [3.63, 3.8) is 0 Å². The third-order valence-corrected chi connectivity index (χ3v) is 4.41. The van der Waals surface area contributed by atoms with Crippen LogP contribution in [0.2, 0.25) is 0 Å². The molecule has 0 radical (unpaired) electrons. The fourth-order valence-electron chi connectivity index (χ4n) is 3.08. The molecule has 4 N–H and O–H groups in total. The van der Waals surface area contributed by atoms with Gasteiger partial charge in [-0.25, -0.2) is 0 Å². The zero-order valence-corrected chi connectivity index (χ0v) is 12.9. The standard InChI is InChI=1S/C16H26N2O3/c1-20-15-7-13(17)14(8-16(15)21-2)18-9-11-5-3-4-6-12(11)10-19/h7-8,11-12,18-19H,3-6,9-10,17H2,1-2H3. The molecular weight excluding hydrogens is 268 g/mol. The SMILES string of the molecule is COc1cc(N)c(NCC2CCCCC2CO)cc1OC. The van der Waals surface area contributed by atoms with Gasteiger partial charge in [-0.05, 0) is 24.7 Å². The Bertz CT molecular complexity index is 465. The maximum atomic E-state index is 9.47. The fraction of sp³-hybridized carbons (Fsp3) is 0.625. The van der Waals surface area contributed by atoms with Crippen molar-refractivity contribution >= 4 is 11.4 Å². The monoisotopic (exact) mass is 294 g/mol. The average Bonchev–Trinajstić information content (AvgIpc) is 2.53. The van der Waals surface area contributed by atoms with Gasteiger partial charge in [0.05, 0.1) is 25.6 Å². The summed E-state index contributed by atoms with van der Waals surface area (Å²) in [4.78, 5) is 0. The molecule has 1 aromatic carbocycles. The van der Waals surface area contributed by atoms with Crippen LogP contribution in [0.25, 0.3) is 0 Å². The zero-order chi connectivity index (χ0) is 15.2. The van der Waals surface area contributed by atoms with Crippen LogP contribution in [0, 0.1) is 11.8 Å². The van der Waals surface area contributed by atoms with E-state index < -0.39 is 0 Å². The molecule has 2 unspecified atom stereocenters. The Morgan fingerprint density at radius 1 is 1.14 bits per heavy atom. The van der Waals surface area contributed by atoms with E-state index in [1.807, 2.05) is 6.07 Å². The molecule has 5 heteroatoms. The van der Waals surface area contributed by atoms with Gasteiger partial charge in [-0.3, -0.25) is 0 Å². The Kier molecular flexibility index (Phi) is 5.56. The molecule has 0 heterocycles. The minimum atomic E-state index is 0.272. The van der Waals surface area contributed by atoms with Gasteiger partial charge in [0.1, 0.15) is 0 Å². The highest BCUT2D eigenvalue weighted by Gasteiger charge is 2.24. The molecule has 0 saturated heterocycles. The quantitative estimate of drug-likeness (QED) is 0.703. The predicted molar refractivity (Wildman–Crippen MR) is 85.0 cm³/mol. The van der Waals surface area contributed by atoms with E-state index in [9.17, 15) is 5.11 Å². The van der Waals surface area contributed by atoms with E-state index in [1.165, 1.54) is 12.8 Å². The Morgan fingerprint density at radius 2 is 1.76 bits per heavy atom. The summed E-state index contributed by atoms with van der Waals surface area (Å²) < 4.78 is 10.5. The summed E-state index contributed by atoms with van der Waals surface area (Å²) in [5, 5.41) is 12.9. The summed E-state index contributed by atoms with van der Waals surface area (Å²) in [7, 11) is 3.21. The van der Waals surface area contributed by atoms with Crippen molar-refractivity contribution in [3.05, 3.63) is 12.1 Å². The second-order valence-electron chi connectivity index (χ2n) is 5.66. The zero-order valence-electron chi connectivity index (χ0n) is 12.9. The topological polar surface area (TPSA) is 76.7 Å². The van der Waals surface area contributed by atoms with Gasteiger partial charge in [-0.1, -0.05) is 12.8 Å². The molecule has 1 fully saturated rings. The van der Waals surface area contributed by atoms with Gasteiger partial charge in [0, 0.05) is 25.3 Å². The van der Waals surface area contributed by atoms with Crippen LogP contribution in [0.3, 0.4) is 0 Å². The Balaban J connectivity index is 2.05. The van der Waals surface area contributed by atoms with Gasteiger partial charge in [-0.15, -0.1) is 0 Å². The number of aliphatic hydroxyl groups is 1. The second-order valence-corrected chi connectivity index (χ2v) is 5.66. The molecule has 118 valence electrons. The predicted octanol–water partition coefficient (Wildman–Crippen LogP) is 2.50. The molecular formula is C16H26N2O3. The number of methoxy groups -OCH3 is 2. The van der Waals surface area contributed by atoms with Crippen molar-refractivity contribution in [3.8, 4) is 11.5 Å². The number of nitrogens with one attached hydrogen (secondary N) is 1. The summed E-state index contributed by atoms with van der Waals surface area (Å²) in [6.45, 7) is 1.10. The van der Waals surface area contributed by atoms with E-state index in [2.05, 4.69) is 5.32 Å². The lowest BCUT2D eigenvalue weighted by atomic mass is 9.79. The van der Waals surface area contributed by atoms with E-state index >= 15 is 0 Å². The number of nitrogen functional groups attached to an aromatic ring is 1. The van der Waals surface area contributed by atoms with Crippen molar-refractivity contribution in [2.24, 2.45) is 11.8 Å². The van der Waals surface area contributed by atoms with Crippen LogP contribution in [-0.4, -0.2) is 32.5 Å². The third kappa shape index (κ3) is 3.73. The Labute approximate surface area is 126 Å². The van der Waals surface area contributed by atoms with Crippen molar-refractivity contribution in [1.29, 1.82) is 0 Å². The van der Waals surface area contributed by atoms with Crippen molar-refractivity contribution in [2.75, 3.05) is 38.4 Å². The van der Waals surface area contributed by atoms with Gasteiger partial charge >= 0.3 is 0 Å². The van der Waals surface area contributed by atoms with E-state index in [0.29, 0.717) is 29.0 Å². The van der Waals surface area contributed by atoms with Gasteiger partial charge in [-0.2, -0.15) is 0 Å². The third-order valence-electron chi connectivity index (χ3n) is 4.41. The summed E-state index contributed by atoms with van der Waals surface area (Å²) in [6.07, 6.45) is 4.74.